The molecule has 0 rings (SSSR count). The molecule has 106 valence electrons. The lowest BCUT2D eigenvalue weighted by molar-refractivity contribution is -0.153. The second kappa shape index (κ2) is 9.30. The number of ether oxygens (including phenoxy) is 3. The van der Waals surface area contributed by atoms with Crippen molar-refractivity contribution in [1.29, 1.82) is 0 Å². The van der Waals surface area contributed by atoms with Crippen LogP contribution in [0.15, 0.2) is 12.7 Å². The van der Waals surface area contributed by atoms with Crippen LogP contribution in [0.5, 0.6) is 0 Å². The fourth-order valence-corrected chi connectivity index (χ4v) is 3.93. The molecule has 0 aromatic rings. The van der Waals surface area contributed by atoms with Crippen molar-refractivity contribution in [3.63, 3.8) is 0 Å². The third-order valence-electron chi connectivity index (χ3n) is 3.15. The molecule has 0 saturated heterocycles. The molecule has 18 heavy (non-hydrogen) atoms. The van der Waals surface area contributed by atoms with Gasteiger partial charge in [-0.15, -0.1) is 0 Å². The Labute approximate surface area is 113 Å². The molecule has 0 aliphatic rings. The number of hydrogen-bond donors (Lipinski definition) is 0. The average Bonchev–Trinajstić information content (AvgIpc) is 2.41. The van der Waals surface area contributed by atoms with Gasteiger partial charge in [0.25, 0.3) is 0 Å². The van der Waals surface area contributed by atoms with Crippen molar-refractivity contribution < 1.29 is 19.0 Å². The highest BCUT2D eigenvalue weighted by molar-refractivity contribution is 6.41. The molecular weight excluding hydrogens is 248 g/mol. The third-order valence-corrected chi connectivity index (χ3v) is 5.88. The molecule has 0 amide bonds. The number of esters is 1. The number of carbonyl (C=O) groups excluding carboxylic acids is 1. The Balaban J connectivity index is 4.62. The molecule has 0 spiro atoms. The van der Waals surface area contributed by atoms with E-state index in [0.717, 1.165) is 25.7 Å². The lowest BCUT2D eigenvalue weighted by atomic mass is 10.3. The predicted molar refractivity (Wildman–Crippen MR) is 75.2 cm³/mol. The highest BCUT2D eigenvalue weighted by Crippen LogP contribution is 2.19. The summed E-state index contributed by atoms with van der Waals surface area (Å²) in [7, 11) is 2.41. The Morgan fingerprint density at radius 3 is 2.39 bits per heavy atom. The Bertz CT molecular complexity index is 243. The van der Waals surface area contributed by atoms with Crippen LogP contribution in [0.4, 0.5) is 0 Å². The number of hydrogen-bond acceptors (Lipinski definition) is 4. The van der Waals surface area contributed by atoms with Crippen molar-refractivity contribution in [1.82, 2.24) is 0 Å². The van der Waals surface area contributed by atoms with Gasteiger partial charge in [-0.1, -0.05) is 33.3 Å². The van der Waals surface area contributed by atoms with E-state index in [1.807, 2.05) is 6.92 Å². The summed E-state index contributed by atoms with van der Waals surface area (Å²) in [5.41, 5.74) is -0.602. The summed E-state index contributed by atoms with van der Waals surface area (Å²) in [6, 6.07) is 0. The molecule has 0 radical (unpaired) electrons. The van der Waals surface area contributed by atoms with E-state index in [9.17, 15) is 4.79 Å². The molecule has 0 aromatic heterocycles. The molecule has 0 saturated carbocycles. The van der Waals surface area contributed by atoms with Gasteiger partial charge in [0.1, 0.15) is 14.9 Å². The predicted octanol–water partition coefficient (Wildman–Crippen LogP) is 1.76. The number of rotatable bonds is 10. The highest BCUT2D eigenvalue weighted by Gasteiger charge is 2.33. The fraction of sp³-hybridized carbons (Fsp3) is 0.769. The smallest absolute Gasteiger partial charge is 0.330 e. The lowest BCUT2D eigenvalue weighted by Crippen LogP contribution is -2.46. The van der Waals surface area contributed by atoms with Crippen molar-refractivity contribution in [2.75, 3.05) is 14.2 Å². The standard InChI is InChI=1S/C13H26O4Si/c1-6-9-10-12(17-11(14)7-2)18-13(8-3,15-4)16-5/h7,12H,2,6,8-10,18H2,1,3-5H3. The molecule has 0 bridgehead atoms. The van der Waals surface area contributed by atoms with E-state index in [2.05, 4.69) is 13.5 Å². The second-order valence-corrected chi connectivity index (χ2v) is 6.68. The summed E-state index contributed by atoms with van der Waals surface area (Å²) >= 11 is 0. The first-order valence-corrected chi connectivity index (χ1v) is 8.03. The van der Waals surface area contributed by atoms with Crippen molar-refractivity contribution in [3.05, 3.63) is 12.7 Å². The maximum absolute atomic E-state index is 11.3. The van der Waals surface area contributed by atoms with Gasteiger partial charge in [-0.3, -0.25) is 0 Å². The molecule has 0 aromatic carbocycles. The summed E-state index contributed by atoms with van der Waals surface area (Å²) in [5.74, 6) is -0.360. The van der Waals surface area contributed by atoms with Crippen molar-refractivity contribution in [2.45, 2.75) is 50.7 Å². The first-order valence-electron chi connectivity index (χ1n) is 6.50. The zero-order chi connectivity index (χ0) is 14.0. The molecule has 0 fully saturated rings. The van der Waals surface area contributed by atoms with Gasteiger partial charge >= 0.3 is 5.97 Å². The van der Waals surface area contributed by atoms with Gasteiger partial charge in [0.05, 0.1) is 5.73 Å². The molecule has 0 aliphatic carbocycles. The summed E-state index contributed by atoms with van der Waals surface area (Å²) in [5, 5.41) is 0. The summed E-state index contributed by atoms with van der Waals surface area (Å²) in [6.45, 7) is 7.57. The molecule has 1 unspecified atom stereocenters. The van der Waals surface area contributed by atoms with E-state index >= 15 is 0 Å². The van der Waals surface area contributed by atoms with Crippen LogP contribution in [-0.2, 0) is 19.0 Å². The van der Waals surface area contributed by atoms with Gasteiger partial charge in [0.2, 0.25) is 0 Å². The molecule has 4 nitrogen and oxygen atoms in total. The van der Waals surface area contributed by atoms with Crippen LogP contribution in [-0.4, -0.2) is 40.8 Å². The highest BCUT2D eigenvalue weighted by atomic mass is 28.2. The summed E-state index contributed by atoms with van der Waals surface area (Å²) in [4.78, 5) is 11.3. The SMILES string of the molecule is C=CC(=O)OC(CCCC)[SiH2]C(CC)(OC)OC. The lowest BCUT2D eigenvalue weighted by Gasteiger charge is -2.32. The van der Waals surface area contributed by atoms with Crippen LogP contribution in [0.25, 0.3) is 0 Å². The largest absolute Gasteiger partial charge is 0.464 e. The van der Waals surface area contributed by atoms with Crippen LogP contribution in [0, 0.1) is 0 Å². The maximum atomic E-state index is 11.3. The van der Waals surface area contributed by atoms with Gasteiger partial charge in [0.15, 0.2) is 0 Å². The number of methoxy groups -OCH3 is 2. The van der Waals surface area contributed by atoms with E-state index in [-0.39, 0.29) is 11.7 Å². The van der Waals surface area contributed by atoms with Crippen LogP contribution < -0.4 is 0 Å². The Kier molecular flexibility index (Phi) is 8.96. The molecule has 5 heteroatoms. The number of unbranched alkanes of at least 4 members (excludes halogenated alkanes) is 1. The molecule has 1 atom stereocenters. The number of carbonyl (C=O) groups is 1. The zero-order valence-electron chi connectivity index (χ0n) is 12.0. The Hall–Kier alpha value is -0.653. The monoisotopic (exact) mass is 274 g/mol. The van der Waals surface area contributed by atoms with Crippen molar-refractivity contribution in [3.8, 4) is 0 Å². The van der Waals surface area contributed by atoms with Crippen LogP contribution in [0.1, 0.15) is 39.5 Å². The molecule has 0 heterocycles. The van der Waals surface area contributed by atoms with E-state index < -0.39 is 14.9 Å². The van der Waals surface area contributed by atoms with E-state index in [4.69, 9.17) is 14.2 Å². The van der Waals surface area contributed by atoms with E-state index in [1.165, 1.54) is 6.08 Å². The van der Waals surface area contributed by atoms with Gasteiger partial charge in [-0.2, -0.15) is 0 Å². The van der Waals surface area contributed by atoms with Crippen LogP contribution in [0.3, 0.4) is 0 Å². The van der Waals surface area contributed by atoms with Gasteiger partial charge in [-0.05, 0) is 12.8 Å². The van der Waals surface area contributed by atoms with Gasteiger partial charge in [0, 0.05) is 20.3 Å². The molecule has 0 aliphatic heterocycles. The van der Waals surface area contributed by atoms with Crippen LogP contribution >= 0.6 is 0 Å². The molecule has 0 N–H and O–H groups in total. The average molecular weight is 274 g/mol. The Morgan fingerprint density at radius 2 is 2.00 bits per heavy atom. The quantitative estimate of drug-likeness (QED) is 0.263. The second-order valence-electron chi connectivity index (χ2n) is 4.28. The minimum Gasteiger partial charge on any atom is -0.464 e. The Morgan fingerprint density at radius 1 is 1.39 bits per heavy atom. The normalized spacial score (nSPS) is 13.8. The van der Waals surface area contributed by atoms with Gasteiger partial charge < -0.3 is 14.2 Å². The summed E-state index contributed by atoms with van der Waals surface area (Å²) < 4.78 is 16.4. The third kappa shape index (κ3) is 5.80. The maximum Gasteiger partial charge on any atom is 0.330 e. The van der Waals surface area contributed by atoms with E-state index in [0.29, 0.717) is 0 Å². The first kappa shape index (κ1) is 17.3. The first-order chi connectivity index (χ1) is 8.57. The van der Waals surface area contributed by atoms with E-state index in [1.54, 1.807) is 14.2 Å². The summed E-state index contributed by atoms with van der Waals surface area (Å²) in [6.07, 6.45) is 4.96. The van der Waals surface area contributed by atoms with Crippen molar-refractivity contribution in [2.24, 2.45) is 0 Å². The minimum absolute atomic E-state index is 0.0599. The minimum atomic E-state index is -0.875. The van der Waals surface area contributed by atoms with Crippen LogP contribution in [0.2, 0.25) is 0 Å². The topological polar surface area (TPSA) is 44.8 Å². The fourth-order valence-electron chi connectivity index (χ4n) is 1.88. The van der Waals surface area contributed by atoms with Crippen molar-refractivity contribution >= 4 is 15.5 Å². The molecular formula is C13H26O4Si. The zero-order valence-corrected chi connectivity index (χ0v) is 13.4. The van der Waals surface area contributed by atoms with Gasteiger partial charge in [-0.25, -0.2) is 4.79 Å².